The molecule has 1 aliphatic rings. The molecule has 0 fully saturated rings. The van der Waals surface area contributed by atoms with Crippen LogP contribution in [0.4, 0.5) is 10.6 Å². The fourth-order valence-corrected chi connectivity index (χ4v) is 3.19. The standard InChI is InChI=1S/C21H30N6O2/c1-5-6-11-22-20(29)26-27-12-16-17(13-27)24-25-18(16)23-19(28)14-7-9-15(10-8-14)21(2,3)4/h7-10H,5-6,11-13H2,1-4H3,(H2,22,26,29)(H2,23,24,25,28). The second-order valence-electron chi connectivity index (χ2n) is 8.39. The number of unbranched alkanes of at least 4 members (excludes halogenated alkanes) is 1. The van der Waals surface area contributed by atoms with Crippen molar-refractivity contribution in [1.82, 2.24) is 25.9 Å². The Balaban J connectivity index is 1.58. The third-order valence-corrected chi connectivity index (χ3v) is 4.97. The predicted octanol–water partition coefficient (Wildman–Crippen LogP) is 3.29. The molecule has 0 bridgehead atoms. The lowest BCUT2D eigenvalue weighted by atomic mass is 9.87. The molecule has 156 valence electrons. The number of hydrogen-bond acceptors (Lipinski definition) is 4. The number of nitrogens with one attached hydrogen (secondary N) is 4. The molecule has 3 amide bonds. The summed E-state index contributed by atoms with van der Waals surface area (Å²) >= 11 is 0. The quantitative estimate of drug-likeness (QED) is 0.561. The van der Waals surface area contributed by atoms with Gasteiger partial charge in [0.2, 0.25) is 0 Å². The molecule has 2 heterocycles. The third-order valence-electron chi connectivity index (χ3n) is 4.97. The normalized spacial score (nSPS) is 13.8. The summed E-state index contributed by atoms with van der Waals surface area (Å²) in [6.07, 6.45) is 1.98. The van der Waals surface area contributed by atoms with Crippen molar-refractivity contribution < 1.29 is 9.59 Å². The summed E-state index contributed by atoms with van der Waals surface area (Å²) in [6.45, 7) is 10.1. The Labute approximate surface area is 171 Å². The van der Waals surface area contributed by atoms with Crippen LogP contribution in [0.1, 0.15) is 67.7 Å². The summed E-state index contributed by atoms with van der Waals surface area (Å²) < 4.78 is 0. The maximum absolute atomic E-state index is 12.6. The van der Waals surface area contributed by atoms with Crippen LogP contribution in [0.15, 0.2) is 24.3 Å². The molecule has 0 aliphatic carbocycles. The highest BCUT2D eigenvalue weighted by Gasteiger charge is 2.27. The number of aromatic nitrogens is 2. The Morgan fingerprint density at radius 3 is 2.55 bits per heavy atom. The van der Waals surface area contributed by atoms with Gasteiger partial charge in [-0.25, -0.2) is 9.80 Å². The molecule has 2 aromatic rings. The molecular weight excluding hydrogens is 368 g/mol. The van der Waals surface area contributed by atoms with Crippen molar-refractivity contribution in [3.05, 3.63) is 46.6 Å². The van der Waals surface area contributed by atoms with Crippen LogP contribution < -0.4 is 16.1 Å². The average molecular weight is 399 g/mol. The minimum absolute atomic E-state index is 0.0390. The second-order valence-corrected chi connectivity index (χ2v) is 8.39. The van der Waals surface area contributed by atoms with Gasteiger partial charge in [-0.1, -0.05) is 46.2 Å². The van der Waals surface area contributed by atoms with Crippen molar-refractivity contribution in [3.8, 4) is 0 Å². The lowest BCUT2D eigenvalue weighted by molar-refractivity contribution is 0.102. The zero-order valence-corrected chi connectivity index (χ0v) is 17.6. The molecule has 0 atom stereocenters. The van der Waals surface area contributed by atoms with Crippen LogP contribution in [0, 0.1) is 0 Å². The van der Waals surface area contributed by atoms with Gasteiger partial charge in [-0.05, 0) is 29.5 Å². The summed E-state index contributed by atoms with van der Waals surface area (Å²) in [6, 6.07) is 7.40. The summed E-state index contributed by atoms with van der Waals surface area (Å²) in [5, 5.41) is 14.7. The van der Waals surface area contributed by atoms with E-state index in [1.807, 2.05) is 24.3 Å². The van der Waals surface area contributed by atoms with Crippen LogP contribution in [0.25, 0.3) is 0 Å². The molecule has 0 saturated carbocycles. The zero-order valence-electron chi connectivity index (χ0n) is 17.6. The number of benzene rings is 1. The van der Waals surface area contributed by atoms with E-state index in [1.165, 1.54) is 5.56 Å². The first-order valence-electron chi connectivity index (χ1n) is 10.1. The van der Waals surface area contributed by atoms with Crippen LogP contribution in [-0.4, -0.2) is 33.7 Å². The number of hydrogen-bond donors (Lipinski definition) is 4. The zero-order chi connectivity index (χ0) is 21.0. The Kier molecular flexibility index (Phi) is 6.22. The first kappa shape index (κ1) is 20.9. The van der Waals surface area contributed by atoms with Gasteiger partial charge in [-0.3, -0.25) is 15.3 Å². The summed E-state index contributed by atoms with van der Waals surface area (Å²) in [4.78, 5) is 24.6. The highest BCUT2D eigenvalue weighted by atomic mass is 16.2. The van der Waals surface area contributed by atoms with Crippen molar-refractivity contribution in [2.45, 2.75) is 59.0 Å². The minimum Gasteiger partial charge on any atom is -0.337 e. The van der Waals surface area contributed by atoms with Gasteiger partial charge in [-0.15, -0.1) is 0 Å². The number of aromatic amines is 1. The highest BCUT2D eigenvalue weighted by molar-refractivity contribution is 6.04. The fourth-order valence-electron chi connectivity index (χ4n) is 3.19. The highest BCUT2D eigenvalue weighted by Crippen LogP contribution is 2.26. The van der Waals surface area contributed by atoms with Crippen molar-refractivity contribution in [1.29, 1.82) is 0 Å². The van der Waals surface area contributed by atoms with Gasteiger partial charge in [0.25, 0.3) is 5.91 Å². The number of anilines is 1. The van der Waals surface area contributed by atoms with Crippen molar-refractivity contribution in [3.63, 3.8) is 0 Å². The molecule has 0 unspecified atom stereocenters. The molecule has 29 heavy (non-hydrogen) atoms. The molecule has 3 rings (SSSR count). The smallest absolute Gasteiger partial charge is 0.329 e. The maximum Gasteiger partial charge on any atom is 0.329 e. The number of fused-ring (bicyclic) bond motifs is 1. The van der Waals surface area contributed by atoms with Crippen LogP contribution in [0.2, 0.25) is 0 Å². The first-order chi connectivity index (χ1) is 13.8. The lowest BCUT2D eigenvalue weighted by Crippen LogP contribution is -2.45. The number of rotatable bonds is 6. The molecule has 0 radical (unpaired) electrons. The monoisotopic (exact) mass is 398 g/mol. The van der Waals surface area contributed by atoms with Gasteiger partial charge in [0, 0.05) is 24.2 Å². The van der Waals surface area contributed by atoms with Gasteiger partial charge in [0.05, 0.1) is 12.2 Å². The van der Waals surface area contributed by atoms with Crippen LogP contribution in [-0.2, 0) is 18.5 Å². The van der Waals surface area contributed by atoms with E-state index in [1.54, 1.807) is 5.01 Å². The molecular formula is C21H30N6O2. The molecule has 0 spiro atoms. The largest absolute Gasteiger partial charge is 0.337 e. The van der Waals surface area contributed by atoms with Crippen LogP contribution >= 0.6 is 0 Å². The Bertz CT molecular complexity index is 866. The van der Waals surface area contributed by atoms with E-state index in [9.17, 15) is 9.59 Å². The molecule has 8 heteroatoms. The lowest BCUT2D eigenvalue weighted by Gasteiger charge is -2.19. The van der Waals surface area contributed by atoms with Gasteiger partial charge in [0.15, 0.2) is 5.82 Å². The van der Waals surface area contributed by atoms with Crippen molar-refractivity contribution >= 4 is 17.8 Å². The van der Waals surface area contributed by atoms with E-state index in [0.29, 0.717) is 31.0 Å². The van der Waals surface area contributed by atoms with Crippen LogP contribution in [0.5, 0.6) is 0 Å². The number of urea groups is 1. The first-order valence-corrected chi connectivity index (χ1v) is 10.1. The topological polar surface area (TPSA) is 102 Å². The second kappa shape index (κ2) is 8.65. The van der Waals surface area contributed by atoms with Gasteiger partial charge < -0.3 is 10.6 Å². The number of hydrazine groups is 1. The number of carbonyl (C=O) groups is 2. The van der Waals surface area contributed by atoms with E-state index in [0.717, 1.165) is 24.1 Å². The molecule has 8 nitrogen and oxygen atoms in total. The molecule has 0 saturated heterocycles. The Hall–Kier alpha value is -2.87. The average Bonchev–Trinajstić information content (AvgIpc) is 3.22. The van der Waals surface area contributed by atoms with E-state index < -0.39 is 0 Å². The third kappa shape index (κ3) is 5.14. The maximum atomic E-state index is 12.6. The van der Waals surface area contributed by atoms with E-state index in [-0.39, 0.29) is 17.4 Å². The molecule has 1 aliphatic heterocycles. The van der Waals surface area contributed by atoms with Gasteiger partial charge in [-0.2, -0.15) is 5.10 Å². The predicted molar refractivity (Wildman–Crippen MR) is 112 cm³/mol. The molecule has 1 aromatic carbocycles. The Morgan fingerprint density at radius 2 is 1.90 bits per heavy atom. The van der Waals surface area contributed by atoms with Gasteiger partial charge >= 0.3 is 6.03 Å². The summed E-state index contributed by atoms with van der Waals surface area (Å²) in [5.41, 5.74) is 6.40. The van der Waals surface area contributed by atoms with E-state index in [4.69, 9.17) is 0 Å². The van der Waals surface area contributed by atoms with Gasteiger partial charge in [0.1, 0.15) is 0 Å². The number of nitrogens with zero attached hydrogens (tertiary/aromatic N) is 2. The van der Waals surface area contributed by atoms with Crippen molar-refractivity contribution in [2.75, 3.05) is 11.9 Å². The minimum atomic E-state index is -0.221. The Morgan fingerprint density at radius 1 is 1.17 bits per heavy atom. The van der Waals surface area contributed by atoms with Crippen molar-refractivity contribution in [2.24, 2.45) is 0 Å². The fraction of sp³-hybridized carbons (Fsp3) is 0.476. The SMILES string of the molecule is CCCCNC(=O)NN1Cc2[nH]nc(NC(=O)c3ccc(C(C)(C)C)cc3)c2C1. The number of amides is 3. The number of H-pyrrole nitrogens is 1. The molecule has 4 N–H and O–H groups in total. The summed E-state index contributed by atoms with van der Waals surface area (Å²) in [5.74, 6) is 0.295. The van der Waals surface area contributed by atoms with E-state index >= 15 is 0 Å². The van der Waals surface area contributed by atoms with E-state index in [2.05, 4.69) is 54.0 Å². The summed E-state index contributed by atoms with van der Waals surface area (Å²) in [7, 11) is 0. The molecule has 1 aromatic heterocycles. The van der Waals surface area contributed by atoms with Crippen LogP contribution in [0.3, 0.4) is 0 Å². The number of carbonyl (C=O) groups excluding carboxylic acids is 2.